The first-order chi connectivity index (χ1) is 9.26. The van der Waals surface area contributed by atoms with Crippen molar-refractivity contribution in [3.63, 3.8) is 0 Å². The number of nitrogens with one attached hydrogen (secondary N) is 1. The third-order valence-corrected chi connectivity index (χ3v) is 4.70. The van der Waals surface area contributed by atoms with Crippen molar-refractivity contribution in [2.24, 2.45) is 0 Å². The molecule has 1 heterocycles. The Morgan fingerprint density at radius 3 is 2.68 bits per heavy atom. The van der Waals surface area contributed by atoms with E-state index in [0.29, 0.717) is 6.54 Å². The van der Waals surface area contributed by atoms with Crippen molar-refractivity contribution in [1.29, 1.82) is 0 Å². The van der Waals surface area contributed by atoms with Crippen molar-refractivity contribution in [1.82, 2.24) is 10.2 Å². The maximum Gasteiger partial charge on any atom is 0.238 e. The monoisotopic (exact) mass is 296 g/mol. The molecule has 104 valence electrons. The molecule has 1 aromatic rings. The van der Waals surface area contributed by atoms with Crippen LogP contribution in [-0.4, -0.2) is 42.2 Å². The van der Waals surface area contributed by atoms with Crippen molar-refractivity contribution in [2.45, 2.75) is 17.5 Å². The number of amides is 1. The summed E-state index contributed by atoms with van der Waals surface area (Å²) in [5.41, 5.74) is 1.17. The first-order valence-corrected chi connectivity index (χ1v) is 9.04. The molecule has 1 atom stereocenters. The maximum atomic E-state index is 11.9. The van der Waals surface area contributed by atoms with Crippen LogP contribution in [0.2, 0.25) is 0 Å². The molecule has 1 saturated heterocycles. The molecule has 3 nitrogen and oxygen atoms in total. The minimum Gasteiger partial charge on any atom is -0.322 e. The topological polar surface area (TPSA) is 32.3 Å². The van der Waals surface area contributed by atoms with E-state index in [1.807, 2.05) is 16.7 Å². The second-order valence-electron chi connectivity index (χ2n) is 4.49. The Labute approximate surface area is 123 Å². The van der Waals surface area contributed by atoms with E-state index in [-0.39, 0.29) is 12.1 Å². The smallest absolute Gasteiger partial charge is 0.238 e. The highest BCUT2D eigenvalue weighted by Crippen LogP contribution is 2.25. The number of benzene rings is 1. The normalized spacial score (nSPS) is 19.2. The molecular weight excluding hydrogens is 276 g/mol. The van der Waals surface area contributed by atoms with Gasteiger partial charge < -0.3 is 4.90 Å². The zero-order valence-corrected chi connectivity index (χ0v) is 13.0. The number of hydrogen-bond acceptors (Lipinski definition) is 4. The van der Waals surface area contributed by atoms with Gasteiger partial charge in [0.05, 0.1) is 6.54 Å². The van der Waals surface area contributed by atoms with Gasteiger partial charge in [-0.1, -0.05) is 12.1 Å². The van der Waals surface area contributed by atoms with E-state index >= 15 is 0 Å². The van der Waals surface area contributed by atoms with E-state index in [1.165, 1.54) is 10.5 Å². The lowest BCUT2D eigenvalue weighted by Crippen LogP contribution is -2.31. The molecule has 1 aliphatic rings. The quantitative estimate of drug-likeness (QED) is 0.646. The number of rotatable bonds is 6. The van der Waals surface area contributed by atoms with Gasteiger partial charge in [0.25, 0.3) is 0 Å². The van der Waals surface area contributed by atoms with E-state index in [9.17, 15) is 4.79 Å². The third-order valence-electron chi connectivity index (χ3n) is 3.26. The molecule has 0 radical (unpaired) electrons. The number of thioether (sulfide) groups is 2. The summed E-state index contributed by atoms with van der Waals surface area (Å²) in [6.07, 6.45) is 5.27. The fraction of sp³-hybridized carbons (Fsp3) is 0.500. The zero-order valence-electron chi connectivity index (χ0n) is 11.4. The highest BCUT2D eigenvalue weighted by atomic mass is 32.2. The van der Waals surface area contributed by atoms with E-state index in [2.05, 4.69) is 42.1 Å². The van der Waals surface area contributed by atoms with Gasteiger partial charge in [-0.05, 0) is 42.4 Å². The highest BCUT2D eigenvalue weighted by molar-refractivity contribution is 7.98. The van der Waals surface area contributed by atoms with Gasteiger partial charge in [0, 0.05) is 11.4 Å². The Morgan fingerprint density at radius 1 is 1.32 bits per heavy atom. The van der Waals surface area contributed by atoms with Crippen molar-refractivity contribution in [3.05, 3.63) is 29.8 Å². The Morgan fingerprint density at radius 2 is 2.05 bits per heavy atom. The predicted molar refractivity (Wildman–Crippen MR) is 83.7 cm³/mol. The fourth-order valence-corrected chi connectivity index (χ4v) is 3.08. The van der Waals surface area contributed by atoms with Crippen LogP contribution in [0.1, 0.15) is 18.2 Å². The van der Waals surface area contributed by atoms with Gasteiger partial charge in [0.1, 0.15) is 6.17 Å². The predicted octanol–water partition coefficient (Wildman–Crippen LogP) is 2.59. The molecular formula is C14H20N2OS2. The molecule has 19 heavy (non-hydrogen) atoms. The van der Waals surface area contributed by atoms with Crippen molar-refractivity contribution in [3.8, 4) is 0 Å². The molecule has 1 amide bonds. The fourth-order valence-electron chi connectivity index (χ4n) is 2.26. The van der Waals surface area contributed by atoms with E-state index in [0.717, 1.165) is 18.7 Å². The summed E-state index contributed by atoms with van der Waals surface area (Å²) in [4.78, 5) is 15.1. The van der Waals surface area contributed by atoms with Crippen LogP contribution in [0.25, 0.3) is 0 Å². The Bertz CT molecular complexity index is 422. The van der Waals surface area contributed by atoms with Crippen molar-refractivity contribution < 1.29 is 4.79 Å². The van der Waals surface area contributed by atoms with Crippen LogP contribution in [0.3, 0.4) is 0 Å². The lowest BCUT2D eigenvalue weighted by atomic mass is 10.1. The molecule has 2 rings (SSSR count). The minimum atomic E-state index is 0.0465. The van der Waals surface area contributed by atoms with Crippen LogP contribution in [0.15, 0.2) is 29.2 Å². The average molecular weight is 296 g/mol. The number of hydrogen-bond donors (Lipinski definition) is 1. The van der Waals surface area contributed by atoms with Crippen LogP contribution in [-0.2, 0) is 4.79 Å². The molecule has 0 spiro atoms. The van der Waals surface area contributed by atoms with Gasteiger partial charge in [-0.2, -0.15) is 11.8 Å². The first kappa shape index (κ1) is 14.8. The number of carbonyl (C=O) groups is 1. The van der Waals surface area contributed by atoms with E-state index in [4.69, 9.17) is 0 Å². The number of carbonyl (C=O) groups excluding carboxylic acids is 1. The first-order valence-electron chi connectivity index (χ1n) is 6.42. The molecule has 0 aliphatic carbocycles. The second kappa shape index (κ2) is 7.22. The van der Waals surface area contributed by atoms with Crippen LogP contribution in [0, 0.1) is 0 Å². The number of nitrogens with zero attached hydrogens (tertiary/aromatic N) is 1. The van der Waals surface area contributed by atoms with Crippen molar-refractivity contribution in [2.75, 3.05) is 31.4 Å². The minimum absolute atomic E-state index is 0.0465. The molecule has 0 saturated carbocycles. The molecule has 0 aromatic heterocycles. The molecule has 1 fully saturated rings. The molecule has 0 bridgehead atoms. The summed E-state index contributed by atoms with van der Waals surface area (Å²) in [6, 6.07) is 8.46. The molecule has 1 aromatic carbocycles. The third kappa shape index (κ3) is 3.68. The lowest BCUT2D eigenvalue weighted by Gasteiger charge is -2.24. The van der Waals surface area contributed by atoms with Gasteiger partial charge in [0.2, 0.25) is 5.91 Å². The summed E-state index contributed by atoms with van der Waals surface area (Å²) in [7, 11) is 0. The lowest BCUT2D eigenvalue weighted by molar-refractivity contribution is -0.128. The summed E-state index contributed by atoms with van der Waals surface area (Å²) < 4.78 is 0. The summed E-state index contributed by atoms with van der Waals surface area (Å²) in [5, 5.41) is 3.30. The summed E-state index contributed by atoms with van der Waals surface area (Å²) in [6.45, 7) is 1.29. The zero-order chi connectivity index (χ0) is 13.7. The van der Waals surface area contributed by atoms with Crippen molar-refractivity contribution >= 4 is 29.4 Å². The SMILES string of the molecule is CSCCCN1C(=O)CNC1c1ccc(SC)cc1. The summed E-state index contributed by atoms with van der Waals surface area (Å²) >= 11 is 3.56. The van der Waals surface area contributed by atoms with Gasteiger partial charge in [0.15, 0.2) is 0 Å². The Balaban J connectivity index is 2.05. The van der Waals surface area contributed by atoms with Gasteiger partial charge in [-0.15, -0.1) is 11.8 Å². The summed E-state index contributed by atoms with van der Waals surface area (Å²) in [5.74, 6) is 1.31. The van der Waals surface area contributed by atoms with Gasteiger partial charge in [-0.25, -0.2) is 0 Å². The van der Waals surface area contributed by atoms with Crippen LogP contribution < -0.4 is 5.32 Å². The highest BCUT2D eigenvalue weighted by Gasteiger charge is 2.30. The maximum absolute atomic E-state index is 11.9. The largest absolute Gasteiger partial charge is 0.322 e. The van der Waals surface area contributed by atoms with E-state index < -0.39 is 0 Å². The molecule has 1 unspecified atom stereocenters. The van der Waals surface area contributed by atoms with Gasteiger partial charge >= 0.3 is 0 Å². The Hall–Kier alpha value is -0.650. The molecule has 1 N–H and O–H groups in total. The average Bonchev–Trinajstić information content (AvgIpc) is 2.81. The van der Waals surface area contributed by atoms with Crippen LogP contribution in [0.4, 0.5) is 0 Å². The Kier molecular flexibility index (Phi) is 5.60. The molecule has 5 heteroatoms. The van der Waals surface area contributed by atoms with Crippen LogP contribution >= 0.6 is 23.5 Å². The van der Waals surface area contributed by atoms with Gasteiger partial charge in [-0.3, -0.25) is 10.1 Å². The van der Waals surface area contributed by atoms with Crippen LogP contribution in [0.5, 0.6) is 0 Å². The van der Waals surface area contributed by atoms with E-state index in [1.54, 1.807) is 11.8 Å². The molecule has 1 aliphatic heterocycles. The second-order valence-corrected chi connectivity index (χ2v) is 6.36. The standard InChI is InChI=1S/C14H20N2OS2/c1-18-9-3-8-16-13(17)10-15-14(16)11-4-6-12(19-2)7-5-11/h4-7,14-15H,3,8-10H2,1-2H3.